The van der Waals surface area contributed by atoms with Crippen LogP contribution in [-0.4, -0.2) is 73.0 Å². The van der Waals surface area contributed by atoms with Crippen molar-refractivity contribution >= 4 is 34.9 Å². The normalized spacial score (nSPS) is 24.8. The van der Waals surface area contributed by atoms with Gasteiger partial charge in [-0.15, -0.1) is 0 Å². The molecule has 3 heterocycles. The molecule has 25 heavy (non-hydrogen) atoms. The number of carbonyl (C=O) groups is 1. The molecule has 0 radical (unpaired) electrons. The number of aromatic nitrogens is 1. The zero-order valence-electron chi connectivity index (χ0n) is 14.5. The smallest absolute Gasteiger partial charge is 0.236 e. The summed E-state index contributed by atoms with van der Waals surface area (Å²) in [6.45, 7) is 8.01. The van der Waals surface area contributed by atoms with Crippen LogP contribution in [0.15, 0.2) is 12.3 Å². The molecule has 6 nitrogen and oxygen atoms in total. The summed E-state index contributed by atoms with van der Waals surface area (Å²) in [6, 6.07) is 1.70. The quantitative estimate of drug-likeness (QED) is 0.854. The zero-order valence-corrected chi connectivity index (χ0v) is 16.1. The van der Waals surface area contributed by atoms with Crippen molar-refractivity contribution in [3.05, 3.63) is 22.3 Å². The Morgan fingerprint density at radius 1 is 1.28 bits per heavy atom. The average Bonchev–Trinajstić information content (AvgIpc) is 2.97. The van der Waals surface area contributed by atoms with Crippen LogP contribution in [0, 0.1) is 5.41 Å². The SMILES string of the molecule is CC1(CN)CCN(CC(=O)N2CCN(c3ncc(Cl)cc3Cl)CC2)C1. The molecule has 138 valence electrons. The molecule has 1 amide bonds. The van der Waals surface area contributed by atoms with Crippen LogP contribution >= 0.6 is 23.2 Å². The third-order valence-electron chi connectivity index (χ3n) is 5.21. The molecule has 1 unspecified atom stereocenters. The number of hydrogen-bond donors (Lipinski definition) is 1. The monoisotopic (exact) mass is 385 g/mol. The first-order chi connectivity index (χ1) is 11.9. The first-order valence-electron chi connectivity index (χ1n) is 8.66. The highest BCUT2D eigenvalue weighted by Crippen LogP contribution is 2.29. The van der Waals surface area contributed by atoms with Crippen LogP contribution in [0.3, 0.4) is 0 Å². The van der Waals surface area contributed by atoms with Crippen LogP contribution in [0.1, 0.15) is 13.3 Å². The molecule has 1 aromatic heterocycles. The van der Waals surface area contributed by atoms with Gasteiger partial charge in [0.15, 0.2) is 0 Å². The fourth-order valence-corrected chi connectivity index (χ4v) is 4.03. The molecule has 0 bridgehead atoms. The fraction of sp³-hybridized carbons (Fsp3) is 0.647. The van der Waals surface area contributed by atoms with Crippen LogP contribution in [0.4, 0.5) is 5.82 Å². The molecule has 2 N–H and O–H groups in total. The van der Waals surface area contributed by atoms with E-state index in [1.54, 1.807) is 12.3 Å². The Morgan fingerprint density at radius 2 is 2.00 bits per heavy atom. The second-order valence-corrected chi connectivity index (χ2v) is 8.15. The highest BCUT2D eigenvalue weighted by atomic mass is 35.5. The van der Waals surface area contributed by atoms with Crippen molar-refractivity contribution in [2.24, 2.45) is 11.1 Å². The summed E-state index contributed by atoms with van der Waals surface area (Å²) in [5.41, 5.74) is 5.99. The van der Waals surface area contributed by atoms with E-state index < -0.39 is 0 Å². The molecule has 2 aliphatic rings. The number of amides is 1. The van der Waals surface area contributed by atoms with Crippen molar-refractivity contribution in [3.8, 4) is 0 Å². The van der Waals surface area contributed by atoms with Crippen molar-refractivity contribution in [3.63, 3.8) is 0 Å². The summed E-state index contributed by atoms with van der Waals surface area (Å²) in [7, 11) is 0. The van der Waals surface area contributed by atoms with Gasteiger partial charge in [-0.05, 0) is 31.0 Å². The van der Waals surface area contributed by atoms with Crippen molar-refractivity contribution in [2.45, 2.75) is 13.3 Å². The van der Waals surface area contributed by atoms with Gasteiger partial charge in [-0.3, -0.25) is 9.69 Å². The minimum atomic E-state index is 0.149. The van der Waals surface area contributed by atoms with E-state index in [-0.39, 0.29) is 11.3 Å². The molecule has 0 aromatic carbocycles. The van der Waals surface area contributed by atoms with E-state index in [0.29, 0.717) is 36.2 Å². The molecule has 1 aromatic rings. The Kier molecular flexibility index (Phi) is 5.73. The maximum atomic E-state index is 12.6. The molecular weight excluding hydrogens is 361 g/mol. The molecular formula is C17H25Cl2N5O. The number of piperazine rings is 1. The van der Waals surface area contributed by atoms with Crippen LogP contribution < -0.4 is 10.6 Å². The number of likely N-dealkylation sites (tertiary alicyclic amines) is 1. The maximum absolute atomic E-state index is 12.6. The number of nitrogens with two attached hydrogens (primary N) is 1. The highest BCUT2D eigenvalue weighted by molar-refractivity contribution is 6.36. The molecule has 0 aliphatic carbocycles. The molecule has 2 fully saturated rings. The maximum Gasteiger partial charge on any atom is 0.236 e. The lowest BCUT2D eigenvalue weighted by atomic mass is 9.90. The third kappa shape index (κ3) is 4.37. The minimum absolute atomic E-state index is 0.149. The van der Waals surface area contributed by atoms with Crippen LogP contribution in [-0.2, 0) is 4.79 Å². The number of halogens is 2. The highest BCUT2D eigenvalue weighted by Gasteiger charge is 2.34. The number of hydrogen-bond acceptors (Lipinski definition) is 5. The van der Waals surface area contributed by atoms with Gasteiger partial charge in [0.05, 0.1) is 16.6 Å². The fourth-order valence-electron chi connectivity index (χ4n) is 3.53. The number of anilines is 1. The second kappa shape index (κ2) is 7.66. The number of carbonyl (C=O) groups excluding carboxylic acids is 1. The molecule has 8 heteroatoms. The third-order valence-corrected chi connectivity index (χ3v) is 5.69. The van der Waals surface area contributed by atoms with Gasteiger partial charge in [-0.1, -0.05) is 30.1 Å². The van der Waals surface area contributed by atoms with Crippen molar-refractivity contribution in [1.29, 1.82) is 0 Å². The van der Waals surface area contributed by atoms with Crippen LogP contribution in [0.25, 0.3) is 0 Å². The van der Waals surface area contributed by atoms with Crippen LogP contribution in [0.5, 0.6) is 0 Å². The molecule has 2 aliphatic heterocycles. The lowest BCUT2D eigenvalue weighted by Crippen LogP contribution is -2.51. The summed E-state index contributed by atoms with van der Waals surface area (Å²) in [5, 5.41) is 1.07. The van der Waals surface area contributed by atoms with E-state index in [1.807, 2.05) is 4.90 Å². The van der Waals surface area contributed by atoms with Gasteiger partial charge < -0.3 is 15.5 Å². The van der Waals surface area contributed by atoms with Gasteiger partial charge in [0, 0.05) is 38.9 Å². The molecule has 3 rings (SSSR count). The largest absolute Gasteiger partial charge is 0.352 e. The van der Waals surface area contributed by atoms with Gasteiger partial charge in [0.25, 0.3) is 0 Å². The van der Waals surface area contributed by atoms with Crippen molar-refractivity contribution in [2.75, 3.05) is 57.3 Å². The first-order valence-corrected chi connectivity index (χ1v) is 9.42. The van der Waals surface area contributed by atoms with E-state index in [4.69, 9.17) is 28.9 Å². The van der Waals surface area contributed by atoms with Crippen molar-refractivity contribution in [1.82, 2.24) is 14.8 Å². The molecule has 1 atom stereocenters. The topological polar surface area (TPSA) is 65.7 Å². The van der Waals surface area contributed by atoms with Crippen molar-refractivity contribution < 1.29 is 4.79 Å². The molecule has 2 saturated heterocycles. The lowest BCUT2D eigenvalue weighted by Gasteiger charge is -2.36. The lowest BCUT2D eigenvalue weighted by molar-refractivity contribution is -0.132. The van der Waals surface area contributed by atoms with Gasteiger partial charge in [0.2, 0.25) is 5.91 Å². The van der Waals surface area contributed by atoms with Crippen LogP contribution in [0.2, 0.25) is 10.0 Å². The van der Waals surface area contributed by atoms with E-state index in [0.717, 1.165) is 38.4 Å². The summed E-state index contributed by atoms with van der Waals surface area (Å²) < 4.78 is 0. The van der Waals surface area contributed by atoms with E-state index in [1.165, 1.54) is 0 Å². The van der Waals surface area contributed by atoms with Gasteiger partial charge in [0.1, 0.15) is 5.82 Å². The Hall–Kier alpha value is -1.08. The number of rotatable bonds is 4. The average molecular weight is 386 g/mol. The first kappa shape index (κ1) is 18.7. The zero-order chi connectivity index (χ0) is 18.0. The van der Waals surface area contributed by atoms with Gasteiger partial charge in [-0.2, -0.15) is 0 Å². The van der Waals surface area contributed by atoms with E-state index >= 15 is 0 Å². The van der Waals surface area contributed by atoms with Gasteiger partial charge in [-0.25, -0.2) is 4.98 Å². The minimum Gasteiger partial charge on any atom is -0.352 e. The number of pyridine rings is 1. The van der Waals surface area contributed by atoms with E-state index in [9.17, 15) is 4.79 Å². The predicted octanol–water partition coefficient (Wildman–Crippen LogP) is 1.71. The Bertz CT molecular complexity index is 635. The van der Waals surface area contributed by atoms with E-state index in [2.05, 4.69) is 21.7 Å². The summed E-state index contributed by atoms with van der Waals surface area (Å²) in [6.07, 6.45) is 2.66. The summed E-state index contributed by atoms with van der Waals surface area (Å²) in [4.78, 5) is 23.2. The standard InChI is InChI=1S/C17H25Cl2N5O/c1-17(11-20)2-3-22(12-17)10-15(25)23-4-6-24(7-5-23)16-14(19)8-13(18)9-21-16/h8-9H,2-7,10-12,20H2,1H3. The summed E-state index contributed by atoms with van der Waals surface area (Å²) >= 11 is 12.1. The Morgan fingerprint density at radius 3 is 2.60 bits per heavy atom. The van der Waals surface area contributed by atoms with Gasteiger partial charge >= 0.3 is 0 Å². The summed E-state index contributed by atoms with van der Waals surface area (Å²) in [5.74, 6) is 0.924. The Balaban J connectivity index is 1.51. The number of nitrogens with zero attached hydrogens (tertiary/aromatic N) is 4. The molecule has 0 saturated carbocycles. The molecule has 0 spiro atoms. The second-order valence-electron chi connectivity index (χ2n) is 7.30. The predicted molar refractivity (Wildman–Crippen MR) is 101 cm³/mol. The Labute approximate surface area is 158 Å².